The molecule has 1 saturated heterocycles. The number of urea groups is 1. The highest BCUT2D eigenvalue weighted by Gasteiger charge is 2.51. The fraction of sp³-hybridized carbons (Fsp3) is 0.0476. The minimum Gasteiger partial charge on any atom is -0.317 e. The van der Waals surface area contributed by atoms with Gasteiger partial charge in [-0.2, -0.15) is 0 Å². The summed E-state index contributed by atoms with van der Waals surface area (Å²) in [5.74, 6) is 0.195. The van der Waals surface area contributed by atoms with Gasteiger partial charge in [0.05, 0.1) is 5.69 Å². The average Bonchev–Trinajstić information content (AvgIpc) is 2.95. The molecular formula is C21H17N3O. The predicted octanol–water partition coefficient (Wildman–Crippen LogP) is 4.14. The first-order valence-electron chi connectivity index (χ1n) is 8.11. The topological polar surface area (TPSA) is 56.2 Å². The molecule has 0 aliphatic carbocycles. The third kappa shape index (κ3) is 2.31. The van der Waals surface area contributed by atoms with Crippen LogP contribution in [-0.4, -0.2) is 11.9 Å². The molecule has 0 saturated carbocycles. The van der Waals surface area contributed by atoms with Crippen molar-refractivity contribution in [1.82, 2.24) is 5.32 Å². The van der Waals surface area contributed by atoms with Gasteiger partial charge < -0.3 is 5.32 Å². The van der Waals surface area contributed by atoms with E-state index in [0.717, 1.165) is 11.1 Å². The first-order chi connectivity index (χ1) is 12.2. The number of hydrogen-bond donors (Lipinski definition) is 2. The Morgan fingerprint density at radius 2 is 1.16 bits per heavy atom. The van der Waals surface area contributed by atoms with Gasteiger partial charge in [-0.3, -0.25) is 5.41 Å². The van der Waals surface area contributed by atoms with Crippen LogP contribution >= 0.6 is 0 Å². The maximum atomic E-state index is 12.8. The van der Waals surface area contributed by atoms with Crippen LogP contribution in [-0.2, 0) is 5.54 Å². The molecule has 0 aromatic heterocycles. The third-order valence-electron chi connectivity index (χ3n) is 4.50. The Bertz CT molecular complexity index is 868. The van der Waals surface area contributed by atoms with Gasteiger partial charge in [0.25, 0.3) is 0 Å². The summed E-state index contributed by atoms with van der Waals surface area (Å²) in [5.41, 5.74) is 1.39. The zero-order chi connectivity index (χ0) is 17.3. The summed E-state index contributed by atoms with van der Waals surface area (Å²) in [6.07, 6.45) is 0. The maximum absolute atomic E-state index is 12.8. The van der Waals surface area contributed by atoms with Crippen molar-refractivity contribution in [2.45, 2.75) is 5.54 Å². The number of carbonyl (C=O) groups is 1. The summed E-state index contributed by atoms with van der Waals surface area (Å²) < 4.78 is 0. The molecule has 4 heteroatoms. The van der Waals surface area contributed by atoms with E-state index in [0.29, 0.717) is 5.69 Å². The second kappa shape index (κ2) is 5.91. The molecule has 1 aliphatic rings. The number of hydrogen-bond acceptors (Lipinski definition) is 2. The monoisotopic (exact) mass is 327 g/mol. The fourth-order valence-electron chi connectivity index (χ4n) is 3.33. The molecule has 122 valence electrons. The standard InChI is InChI=1S/C21H17N3O/c22-19-21(16-10-4-1-5-11-16,17-12-6-2-7-13-17)23-20(25)24(19)18-14-8-3-9-15-18/h1-15,22H,(H,23,25). The van der Waals surface area contributed by atoms with Crippen LogP contribution in [0.3, 0.4) is 0 Å². The van der Waals surface area contributed by atoms with Crippen LogP contribution in [0.25, 0.3) is 0 Å². The van der Waals surface area contributed by atoms with Crippen LogP contribution in [0, 0.1) is 5.41 Å². The summed E-state index contributed by atoms with van der Waals surface area (Å²) in [5, 5.41) is 12.0. The van der Waals surface area contributed by atoms with Gasteiger partial charge in [-0.05, 0) is 23.3 Å². The first kappa shape index (κ1) is 15.1. The summed E-state index contributed by atoms with van der Waals surface area (Å²) in [6, 6.07) is 28.3. The molecule has 2 amide bonds. The van der Waals surface area contributed by atoms with Crippen LogP contribution in [0.4, 0.5) is 10.5 Å². The molecular weight excluding hydrogens is 310 g/mol. The van der Waals surface area contributed by atoms with Gasteiger partial charge >= 0.3 is 6.03 Å². The number of para-hydroxylation sites is 1. The lowest BCUT2D eigenvalue weighted by Crippen LogP contribution is -2.44. The van der Waals surface area contributed by atoms with Crippen molar-refractivity contribution in [3.63, 3.8) is 0 Å². The SMILES string of the molecule is N=C1N(c2ccccc2)C(=O)NC1(c1ccccc1)c1ccccc1. The maximum Gasteiger partial charge on any atom is 0.328 e. The number of nitrogens with zero attached hydrogens (tertiary/aromatic N) is 1. The second-order valence-electron chi connectivity index (χ2n) is 5.93. The molecule has 4 nitrogen and oxygen atoms in total. The summed E-state index contributed by atoms with van der Waals surface area (Å²) in [6.45, 7) is 0. The Kier molecular flexibility index (Phi) is 3.58. The second-order valence-corrected chi connectivity index (χ2v) is 5.93. The predicted molar refractivity (Wildman–Crippen MR) is 98.8 cm³/mol. The molecule has 4 rings (SSSR count). The Hall–Kier alpha value is -3.40. The van der Waals surface area contributed by atoms with E-state index in [1.807, 2.05) is 91.0 Å². The summed E-state index contributed by atoms with van der Waals surface area (Å²) in [7, 11) is 0. The van der Waals surface area contributed by atoms with Crippen molar-refractivity contribution in [2.24, 2.45) is 0 Å². The minimum atomic E-state index is -1.00. The van der Waals surface area contributed by atoms with Gasteiger partial charge in [-0.25, -0.2) is 9.69 Å². The van der Waals surface area contributed by atoms with Gasteiger partial charge in [0.2, 0.25) is 0 Å². The van der Waals surface area contributed by atoms with Crippen molar-refractivity contribution >= 4 is 17.6 Å². The highest BCUT2D eigenvalue weighted by Crippen LogP contribution is 2.37. The van der Waals surface area contributed by atoms with E-state index in [-0.39, 0.29) is 11.9 Å². The Labute approximate surface area is 146 Å². The lowest BCUT2D eigenvalue weighted by molar-refractivity contribution is 0.249. The van der Waals surface area contributed by atoms with Gasteiger partial charge in [-0.1, -0.05) is 78.9 Å². The third-order valence-corrected chi connectivity index (χ3v) is 4.50. The van der Waals surface area contributed by atoms with Gasteiger partial charge in [0.1, 0.15) is 5.84 Å². The molecule has 3 aromatic carbocycles. The smallest absolute Gasteiger partial charge is 0.317 e. The van der Waals surface area contributed by atoms with Gasteiger partial charge in [-0.15, -0.1) is 0 Å². The number of carbonyl (C=O) groups excluding carboxylic acids is 1. The van der Waals surface area contributed by atoms with Crippen LogP contribution in [0.15, 0.2) is 91.0 Å². The quantitative estimate of drug-likeness (QED) is 0.746. The number of rotatable bonds is 3. The van der Waals surface area contributed by atoms with E-state index in [2.05, 4.69) is 5.32 Å². The highest BCUT2D eigenvalue weighted by atomic mass is 16.2. The normalized spacial score (nSPS) is 15.9. The molecule has 1 fully saturated rings. The minimum absolute atomic E-state index is 0.195. The molecule has 0 unspecified atom stereocenters. The zero-order valence-electron chi connectivity index (χ0n) is 13.5. The lowest BCUT2D eigenvalue weighted by Gasteiger charge is -2.30. The Balaban J connectivity index is 1.92. The number of anilines is 1. The van der Waals surface area contributed by atoms with Gasteiger partial charge in [0, 0.05) is 0 Å². The molecule has 1 aliphatic heterocycles. The van der Waals surface area contributed by atoms with Crippen LogP contribution in [0.5, 0.6) is 0 Å². The van der Waals surface area contributed by atoms with Crippen molar-refractivity contribution in [3.8, 4) is 0 Å². The van der Waals surface area contributed by atoms with Crippen LogP contribution in [0.2, 0.25) is 0 Å². The number of amides is 2. The van der Waals surface area contributed by atoms with Crippen molar-refractivity contribution < 1.29 is 4.79 Å². The zero-order valence-corrected chi connectivity index (χ0v) is 13.5. The molecule has 25 heavy (non-hydrogen) atoms. The highest BCUT2D eigenvalue weighted by molar-refractivity contribution is 6.25. The van der Waals surface area contributed by atoms with Crippen molar-refractivity contribution in [1.29, 1.82) is 5.41 Å². The van der Waals surface area contributed by atoms with Crippen LogP contribution in [0.1, 0.15) is 11.1 Å². The fourth-order valence-corrected chi connectivity index (χ4v) is 3.33. The Morgan fingerprint density at radius 3 is 1.64 bits per heavy atom. The molecule has 0 radical (unpaired) electrons. The summed E-state index contributed by atoms with van der Waals surface area (Å²) >= 11 is 0. The van der Waals surface area contributed by atoms with E-state index in [1.165, 1.54) is 4.90 Å². The number of amidine groups is 1. The summed E-state index contributed by atoms with van der Waals surface area (Å²) in [4.78, 5) is 14.3. The number of benzene rings is 3. The molecule has 0 spiro atoms. The molecule has 1 heterocycles. The molecule has 0 bridgehead atoms. The lowest BCUT2D eigenvalue weighted by atomic mass is 9.82. The molecule has 3 aromatic rings. The van der Waals surface area contributed by atoms with E-state index in [4.69, 9.17) is 5.41 Å². The number of nitrogens with one attached hydrogen (secondary N) is 2. The van der Waals surface area contributed by atoms with E-state index >= 15 is 0 Å². The molecule has 2 N–H and O–H groups in total. The van der Waals surface area contributed by atoms with E-state index in [9.17, 15) is 4.79 Å². The van der Waals surface area contributed by atoms with Gasteiger partial charge in [0.15, 0.2) is 5.54 Å². The van der Waals surface area contributed by atoms with Crippen molar-refractivity contribution in [3.05, 3.63) is 102 Å². The Morgan fingerprint density at radius 1 is 0.720 bits per heavy atom. The average molecular weight is 327 g/mol. The van der Waals surface area contributed by atoms with Crippen molar-refractivity contribution in [2.75, 3.05) is 4.90 Å². The van der Waals surface area contributed by atoms with Crippen LogP contribution < -0.4 is 10.2 Å². The largest absolute Gasteiger partial charge is 0.328 e. The first-order valence-corrected chi connectivity index (χ1v) is 8.11. The molecule has 0 atom stereocenters. The van der Waals surface area contributed by atoms with E-state index < -0.39 is 5.54 Å². The van der Waals surface area contributed by atoms with E-state index in [1.54, 1.807) is 0 Å².